The van der Waals surface area contributed by atoms with E-state index < -0.39 is 55.1 Å². The summed E-state index contributed by atoms with van der Waals surface area (Å²) in [5.41, 5.74) is 0. The SMILES string of the molecule is COC(=O)C1(O)C[C@H](O)[C@@H](C)C([C@H](O)[C@H](O)CO)O1. The van der Waals surface area contributed by atoms with E-state index in [1.54, 1.807) is 0 Å². The van der Waals surface area contributed by atoms with E-state index in [0.717, 1.165) is 7.11 Å². The summed E-state index contributed by atoms with van der Waals surface area (Å²) < 4.78 is 9.47. The van der Waals surface area contributed by atoms with Crippen molar-refractivity contribution in [3.05, 3.63) is 0 Å². The van der Waals surface area contributed by atoms with Crippen molar-refractivity contribution in [2.75, 3.05) is 13.7 Å². The van der Waals surface area contributed by atoms with Gasteiger partial charge in [-0.2, -0.15) is 0 Å². The van der Waals surface area contributed by atoms with Crippen LogP contribution in [-0.2, 0) is 14.3 Å². The summed E-state index contributed by atoms with van der Waals surface area (Å²) in [6, 6.07) is 0. The van der Waals surface area contributed by atoms with E-state index in [4.69, 9.17) is 9.84 Å². The van der Waals surface area contributed by atoms with Gasteiger partial charge in [-0.05, 0) is 0 Å². The van der Waals surface area contributed by atoms with E-state index >= 15 is 0 Å². The predicted octanol–water partition coefficient (Wildman–Crippen LogP) is -2.65. The molecule has 0 aliphatic carbocycles. The molecular weight excluding hydrogens is 260 g/mol. The zero-order chi connectivity index (χ0) is 14.8. The van der Waals surface area contributed by atoms with Gasteiger partial charge in [-0.15, -0.1) is 0 Å². The number of aliphatic hydroxyl groups excluding tert-OH is 4. The number of aliphatic hydroxyl groups is 5. The molecule has 0 bridgehead atoms. The highest BCUT2D eigenvalue weighted by atomic mass is 16.7. The van der Waals surface area contributed by atoms with E-state index in [1.165, 1.54) is 6.92 Å². The van der Waals surface area contributed by atoms with Crippen LogP contribution in [0, 0.1) is 5.92 Å². The molecule has 0 radical (unpaired) electrons. The number of ether oxygens (including phenoxy) is 2. The van der Waals surface area contributed by atoms with Gasteiger partial charge in [0.1, 0.15) is 12.2 Å². The van der Waals surface area contributed by atoms with Crippen LogP contribution in [0.3, 0.4) is 0 Å². The first-order valence-electron chi connectivity index (χ1n) is 5.90. The highest BCUT2D eigenvalue weighted by Crippen LogP contribution is 2.34. The fourth-order valence-electron chi connectivity index (χ4n) is 2.07. The topological polar surface area (TPSA) is 137 Å². The van der Waals surface area contributed by atoms with Crippen LogP contribution in [0.25, 0.3) is 0 Å². The second kappa shape index (κ2) is 6.12. The Kier molecular flexibility index (Phi) is 5.25. The van der Waals surface area contributed by atoms with Crippen LogP contribution in [-0.4, -0.2) is 75.4 Å². The van der Waals surface area contributed by atoms with Gasteiger partial charge >= 0.3 is 5.97 Å². The quantitative estimate of drug-likeness (QED) is 0.352. The molecule has 0 saturated carbocycles. The van der Waals surface area contributed by atoms with E-state index in [9.17, 15) is 25.2 Å². The molecule has 1 saturated heterocycles. The first-order chi connectivity index (χ1) is 8.76. The van der Waals surface area contributed by atoms with Crippen molar-refractivity contribution in [2.24, 2.45) is 5.92 Å². The summed E-state index contributed by atoms with van der Waals surface area (Å²) >= 11 is 0. The number of carbonyl (C=O) groups excluding carboxylic acids is 1. The molecule has 112 valence electrons. The molecule has 19 heavy (non-hydrogen) atoms. The van der Waals surface area contributed by atoms with Gasteiger partial charge in [0.2, 0.25) is 0 Å². The Balaban J connectivity index is 2.94. The summed E-state index contributed by atoms with van der Waals surface area (Å²) in [7, 11) is 1.04. The minimum absolute atomic E-state index is 0.403. The van der Waals surface area contributed by atoms with Crippen LogP contribution in [0.4, 0.5) is 0 Å². The second-order valence-electron chi connectivity index (χ2n) is 4.73. The molecule has 8 nitrogen and oxygen atoms in total. The molecule has 0 aromatic carbocycles. The number of carbonyl (C=O) groups is 1. The molecular formula is C11H20O8. The highest BCUT2D eigenvalue weighted by Gasteiger charge is 2.52. The average molecular weight is 280 g/mol. The molecule has 2 unspecified atom stereocenters. The minimum atomic E-state index is -2.39. The van der Waals surface area contributed by atoms with Crippen LogP contribution in [0.1, 0.15) is 13.3 Å². The largest absolute Gasteiger partial charge is 0.465 e. The first kappa shape index (κ1) is 16.3. The lowest BCUT2D eigenvalue weighted by atomic mass is 9.85. The standard InChI is InChI=1S/C11H20O8/c1-5-6(13)3-11(17,10(16)18-2)19-9(5)8(15)7(14)4-12/h5-9,12-15,17H,3-4H2,1-2H3/t5-,6+,7-,8-,9?,11?/m1/s1. The van der Waals surface area contributed by atoms with Crippen molar-refractivity contribution in [1.29, 1.82) is 0 Å². The first-order valence-corrected chi connectivity index (χ1v) is 5.90. The molecule has 0 spiro atoms. The lowest BCUT2D eigenvalue weighted by Crippen LogP contribution is -2.60. The molecule has 0 aromatic rings. The number of rotatable bonds is 4. The second-order valence-corrected chi connectivity index (χ2v) is 4.73. The Labute approximate surface area is 110 Å². The summed E-state index contributed by atoms with van der Waals surface area (Å²) in [5.74, 6) is -4.14. The van der Waals surface area contributed by atoms with Crippen molar-refractivity contribution >= 4 is 5.97 Å². The van der Waals surface area contributed by atoms with Crippen LogP contribution in [0.5, 0.6) is 0 Å². The molecule has 0 aromatic heterocycles. The molecule has 5 N–H and O–H groups in total. The summed E-state index contributed by atoms with van der Waals surface area (Å²) in [4.78, 5) is 11.4. The maximum Gasteiger partial charge on any atom is 0.366 e. The third kappa shape index (κ3) is 3.22. The number of methoxy groups -OCH3 is 1. The van der Waals surface area contributed by atoms with Gasteiger partial charge in [-0.25, -0.2) is 4.79 Å². The molecule has 8 heteroatoms. The van der Waals surface area contributed by atoms with Gasteiger partial charge < -0.3 is 35.0 Å². The lowest BCUT2D eigenvalue weighted by Gasteiger charge is -2.43. The van der Waals surface area contributed by atoms with Crippen molar-refractivity contribution in [3.63, 3.8) is 0 Å². The molecule has 1 fully saturated rings. The Morgan fingerprint density at radius 1 is 1.53 bits per heavy atom. The third-order valence-electron chi connectivity index (χ3n) is 3.36. The Morgan fingerprint density at radius 3 is 2.58 bits per heavy atom. The van der Waals surface area contributed by atoms with E-state index in [1.807, 2.05) is 0 Å². The predicted molar refractivity (Wildman–Crippen MR) is 60.7 cm³/mol. The average Bonchev–Trinajstić information content (AvgIpc) is 2.40. The van der Waals surface area contributed by atoms with Gasteiger partial charge in [0, 0.05) is 12.3 Å². The summed E-state index contributed by atoms with van der Waals surface area (Å²) in [6.45, 7) is 0.806. The van der Waals surface area contributed by atoms with Gasteiger partial charge in [-0.1, -0.05) is 6.92 Å². The molecule has 0 amide bonds. The zero-order valence-corrected chi connectivity index (χ0v) is 10.8. The fraction of sp³-hybridized carbons (Fsp3) is 0.909. The Hall–Kier alpha value is -0.770. The molecule has 1 aliphatic rings. The van der Waals surface area contributed by atoms with E-state index in [0.29, 0.717) is 0 Å². The monoisotopic (exact) mass is 280 g/mol. The van der Waals surface area contributed by atoms with Crippen molar-refractivity contribution in [1.82, 2.24) is 0 Å². The van der Waals surface area contributed by atoms with Crippen LogP contribution in [0.2, 0.25) is 0 Å². The van der Waals surface area contributed by atoms with Crippen LogP contribution >= 0.6 is 0 Å². The Bertz CT molecular complexity index is 322. The molecule has 1 rings (SSSR count). The van der Waals surface area contributed by atoms with E-state index in [2.05, 4.69) is 4.74 Å². The maximum absolute atomic E-state index is 11.4. The molecule has 1 aliphatic heterocycles. The maximum atomic E-state index is 11.4. The fourth-order valence-corrected chi connectivity index (χ4v) is 2.07. The minimum Gasteiger partial charge on any atom is -0.465 e. The molecule has 1 heterocycles. The number of esters is 1. The smallest absolute Gasteiger partial charge is 0.366 e. The van der Waals surface area contributed by atoms with Crippen molar-refractivity contribution < 1.29 is 39.8 Å². The van der Waals surface area contributed by atoms with Crippen molar-refractivity contribution in [2.45, 2.75) is 43.5 Å². The van der Waals surface area contributed by atoms with Crippen LogP contribution < -0.4 is 0 Å². The highest BCUT2D eigenvalue weighted by molar-refractivity contribution is 5.77. The number of hydrogen-bond donors (Lipinski definition) is 5. The molecule has 6 atom stereocenters. The third-order valence-corrected chi connectivity index (χ3v) is 3.36. The lowest BCUT2D eigenvalue weighted by molar-refractivity contribution is -0.303. The summed E-state index contributed by atoms with van der Waals surface area (Å²) in [6.07, 6.45) is -5.84. The van der Waals surface area contributed by atoms with Gasteiger partial charge in [0.15, 0.2) is 0 Å². The van der Waals surface area contributed by atoms with Gasteiger partial charge in [-0.3, -0.25) is 0 Å². The van der Waals surface area contributed by atoms with Crippen molar-refractivity contribution in [3.8, 4) is 0 Å². The summed E-state index contributed by atoms with van der Waals surface area (Å²) in [5, 5.41) is 47.8. The van der Waals surface area contributed by atoms with Gasteiger partial charge in [0.25, 0.3) is 5.79 Å². The Morgan fingerprint density at radius 2 is 2.11 bits per heavy atom. The van der Waals surface area contributed by atoms with Gasteiger partial charge in [0.05, 0.1) is 25.9 Å². The number of hydrogen-bond acceptors (Lipinski definition) is 8. The van der Waals surface area contributed by atoms with E-state index in [-0.39, 0.29) is 0 Å². The van der Waals surface area contributed by atoms with Crippen LogP contribution in [0.15, 0.2) is 0 Å². The zero-order valence-electron chi connectivity index (χ0n) is 10.8. The normalized spacial score (nSPS) is 38.6.